The predicted molar refractivity (Wildman–Crippen MR) is 116 cm³/mol. The molecule has 1 fully saturated rings. The van der Waals surface area contributed by atoms with Gasteiger partial charge in [0, 0.05) is 35.6 Å². The van der Waals surface area contributed by atoms with Gasteiger partial charge < -0.3 is 10.2 Å². The van der Waals surface area contributed by atoms with Crippen molar-refractivity contribution in [3.8, 4) is 11.1 Å². The molecule has 9 heteroatoms. The number of carbonyl (C=O) groups is 1. The summed E-state index contributed by atoms with van der Waals surface area (Å²) in [6.07, 6.45) is 0.888. The Labute approximate surface area is 183 Å². The maximum atomic E-state index is 14.6. The number of pyridine rings is 1. The molecule has 1 aromatic carbocycles. The van der Waals surface area contributed by atoms with E-state index in [1.807, 2.05) is 13.8 Å². The summed E-state index contributed by atoms with van der Waals surface area (Å²) >= 11 is 0. The lowest BCUT2D eigenvalue weighted by molar-refractivity contribution is 0.102. The van der Waals surface area contributed by atoms with Gasteiger partial charge in [-0.05, 0) is 12.1 Å². The number of halogens is 3. The Hall–Kier alpha value is -3.49. The third-order valence-electron chi connectivity index (χ3n) is 5.27. The lowest BCUT2D eigenvalue weighted by Crippen LogP contribution is -2.24. The van der Waals surface area contributed by atoms with Crippen molar-refractivity contribution in [3.05, 3.63) is 66.1 Å². The summed E-state index contributed by atoms with van der Waals surface area (Å²) in [6.45, 7) is 3.43. The third kappa shape index (κ3) is 4.28. The molecule has 0 saturated carbocycles. The van der Waals surface area contributed by atoms with E-state index >= 15 is 0 Å². The standard InChI is InChI=1S/C23H22F3N5O/c1-13(2)21-28-9-14(10-29-21)23(32)30-20-16(15-5-3-4-6-17(15)24)7-8-27-22(20)31-11-18(25)19(26)12-31/h3-10,13,18-19H,11-12H2,1-2H3,(H,30,32)/t18-,19+. The second-order valence-corrected chi connectivity index (χ2v) is 7.91. The molecule has 4 rings (SSSR count). The molecule has 166 valence electrons. The molecule has 3 heterocycles. The first-order valence-corrected chi connectivity index (χ1v) is 10.3. The summed E-state index contributed by atoms with van der Waals surface area (Å²) in [7, 11) is 0. The van der Waals surface area contributed by atoms with Crippen LogP contribution in [0.3, 0.4) is 0 Å². The number of hydrogen-bond donors (Lipinski definition) is 1. The molecule has 32 heavy (non-hydrogen) atoms. The second-order valence-electron chi connectivity index (χ2n) is 7.91. The number of hydrogen-bond acceptors (Lipinski definition) is 5. The Morgan fingerprint density at radius 2 is 1.69 bits per heavy atom. The van der Waals surface area contributed by atoms with Crippen LogP contribution in [0.4, 0.5) is 24.7 Å². The van der Waals surface area contributed by atoms with Crippen molar-refractivity contribution in [1.82, 2.24) is 15.0 Å². The van der Waals surface area contributed by atoms with E-state index in [1.54, 1.807) is 24.3 Å². The summed E-state index contributed by atoms with van der Waals surface area (Å²) < 4.78 is 42.4. The molecule has 1 N–H and O–H groups in total. The van der Waals surface area contributed by atoms with Crippen LogP contribution in [-0.2, 0) is 0 Å². The minimum Gasteiger partial charge on any atom is -0.349 e. The monoisotopic (exact) mass is 441 g/mol. The molecule has 1 aliphatic heterocycles. The third-order valence-corrected chi connectivity index (χ3v) is 5.27. The average Bonchev–Trinajstić information content (AvgIpc) is 3.12. The van der Waals surface area contributed by atoms with Crippen LogP contribution in [0.1, 0.15) is 35.9 Å². The van der Waals surface area contributed by atoms with E-state index in [9.17, 15) is 18.0 Å². The largest absolute Gasteiger partial charge is 0.349 e. The molecule has 0 spiro atoms. The number of carbonyl (C=O) groups excluding carboxylic acids is 1. The minimum absolute atomic E-state index is 0.0992. The maximum Gasteiger partial charge on any atom is 0.258 e. The van der Waals surface area contributed by atoms with Crippen molar-refractivity contribution in [2.75, 3.05) is 23.3 Å². The zero-order valence-corrected chi connectivity index (χ0v) is 17.6. The highest BCUT2D eigenvalue weighted by atomic mass is 19.2. The number of amides is 1. The number of nitrogens with one attached hydrogen (secondary N) is 1. The molecular weight excluding hydrogens is 419 g/mol. The summed E-state index contributed by atoms with van der Waals surface area (Å²) in [5.41, 5.74) is 0.929. The van der Waals surface area contributed by atoms with E-state index in [0.29, 0.717) is 11.4 Å². The van der Waals surface area contributed by atoms with Gasteiger partial charge in [0.05, 0.1) is 24.3 Å². The van der Waals surface area contributed by atoms with Crippen molar-refractivity contribution in [1.29, 1.82) is 0 Å². The molecule has 0 unspecified atom stereocenters. The van der Waals surface area contributed by atoms with Crippen LogP contribution in [0.15, 0.2) is 48.9 Å². The minimum atomic E-state index is -1.67. The van der Waals surface area contributed by atoms with Gasteiger partial charge in [0.15, 0.2) is 18.2 Å². The van der Waals surface area contributed by atoms with E-state index in [-0.39, 0.29) is 41.6 Å². The van der Waals surface area contributed by atoms with Gasteiger partial charge in [0.2, 0.25) is 0 Å². The topological polar surface area (TPSA) is 71.0 Å². The van der Waals surface area contributed by atoms with E-state index in [2.05, 4.69) is 20.3 Å². The first-order valence-electron chi connectivity index (χ1n) is 10.3. The average molecular weight is 441 g/mol. The van der Waals surface area contributed by atoms with Gasteiger partial charge in [-0.15, -0.1) is 0 Å². The molecule has 1 aliphatic rings. The van der Waals surface area contributed by atoms with Crippen LogP contribution >= 0.6 is 0 Å². The van der Waals surface area contributed by atoms with Gasteiger partial charge in [0.1, 0.15) is 11.6 Å². The number of nitrogens with zero attached hydrogens (tertiary/aromatic N) is 4. The molecule has 3 aromatic rings. The summed E-state index contributed by atoms with van der Waals surface area (Å²) in [6, 6.07) is 7.61. The molecule has 0 aliphatic carbocycles. The van der Waals surface area contributed by atoms with Gasteiger partial charge in [-0.3, -0.25) is 4.79 Å². The molecule has 6 nitrogen and oxygen atoms in total. The van der Waals surface area contributed by atoms with Crippen molar-refractivity contribution in [2.45, 2.75) is 32.1 Å². The Morgan fingerprint density at radius 3 is 2.31 bits per heavy atom. The molecule has 0 radical (unpaired) electrons. The Kier molecular flexibility index (Phi) is 6.07. The van der Waals surface area contributed by atoms with Crippen LogP contribution in [0.5, 0.6) is 0 Å². The Morgan fingerprint density at radius 1 is 1.03 bits per heavy atom. The van der Waals surface area contributed by atoms with Crippen LogP contribution in [0, 0.1) is 5.82 Å². The highest BCUT2D eigenvalue weighted by Gasteiger charge is 2.35. The van der Waals surface area contributed by atoms with E-state index in [4.69, 9.17) is 0 Å². The summed E-state index contributed by atoms with van der Waals surface area (Å²) in [5, 5.41) is 2.74. The van der Waals surface area contributed by atoms with Crippen LogP contribution < -0.4 is 10.2 Å². The first kappa shape index (κ1) is 21.7. The van der Waals surface area contributed by atoms with Gasteiger partial charge in [0.25, 0.3) is 5.91 Å². The van der Waals surface area contributed by atoms with Crippen molar-refractivity contribution in [3.63, 3.8) is 0 Å². The number of alkyl halides is 2. The van der Waals surface area contributed by atoms with Crippen LogP contribution in [0.2, 0.25) is 0 Å². The second kappa shape index (κ2) is 8.94. The molecule has 1 saturated heterocycles. The molecule has 1 amide bonds. The fraction of sp³-hybridized carbons (Fsp3) is 0.304. The van der Waals surface area contributed by atoms with Crippen molar-refractivity contribution >= 4 is 17.4 Å². The molecule has 2 atom stereocenters. The number of aromatic nitrogens is 3. The predicted octanol–water partition coefficient (Wildman–Crippen LogP) is 4.55. The van der Waals surface area contributed by atoms with Crippen LogP contribution in [0.25, 0.3) is 11.1 Å². The SMILES string of the molecule is CC(C)c1ncc(C(=O)Nc2c(-c3ccccc3F)ccnc2N2C[C@@H](F)[C@@H](F)C2)cn1. The highest BCUT2D eigenvalue weighted by Crippen LogP contribution is 2.38. The summed E-state index contributed by atoms with van der Waals surface area (Å²) in [5.74, 6) is -0.183. The van der Waals surface area contributed by atoms with E-state index in [0.717, 1.165) is 0 Å². The normalized spacial score (nSPS) is 18.2. The van der Waals surface area contributed by atoms with Crippen molar-refractivity contribution in [2.24, 2.45) is 0 Å². The molecule has 0 bridgehead atoms. The highest BCUT2D eigenvalue weighted by molar-refractivity contribution is 6.08. The lowest BCUT2D eigenvalue weighted by Gasteiger charge is -2.22. The van der Waals surface area contributed by atoms with E-state index in [1.165, 1.54) is 29.6 Å². The Bertz CT molecular complexity index is 1110. The van der Waals surface area contributed by atoms with Gasteiger partial charge in [-0.2, -0.15) is 0 Å². The van der Waals surface area contributed by atoms with Gasteiger partial charge in [-0.1, -0.05) is 32.0 Å². The maximum absolute atomic E-state index is 14.6. The molecule has 2 aromatic heterocycles. The quantitative estimate of drug-likeness (QED) is 0.629. The summed E-state index contributed by atoms with van der Waals surface area (Å²) in [4.78, 5) is 27.0. The van der Waals surface area contributed by atoms with Gasteiger partial charge >= 0.3 is 0 Å². The zero-order chi connectivity index (χ0) is 22.8. The fourth-order valence-electron chi connectivity index (χ4n) is 3.55. The zero-order valence-electron chi connectivity index (χ0n) is 17.6. The first-order chi connectivity index (χ1) is 15.3. The number of benzene rings is 1. The Balaban J connectivity index is 1.75. The van der Waals surface area contributed by atoms with E-state index < -0.39 is 24.1 Å². The smallest absolute Gasteiger partial charge is 0.258 e. The lowest BCUT2D eigenvalue weighted by atomic mass is 10.0. The molecular formula is C23H22F3N5O. The fourth-order valence-corrected chi connectivity index (χ4v) is 3.55. The number of rotatable bonds is 5. The number of anilines is 2. The van der Waals surface area contributed by atoms with Crippen molar-refractivity contribution < 1.29 is 18.0 Å². The van der Waals surface area contributed by atoms with Crippen LogP contribution in [-0.4, -0.2) is 46.3 Å². The van der Waals surface area contributed by atoms with Gasteiger partial charge in [-0.25, -0.2) is 28.1 Å².